The molecule has 13 heteroatoms. The van der Waals surface area contributed by atoms with Crippen molar-refractivity contribution in [2.75, 3.05) is 32.9 Å². The van der Waals surface area contributed by atoms with Crippen molar-refractivity contribution in [3.05, 3.63) is 50.5 Å². The van der Waals surface area contributed by atoms with Gasteiger partial charge in [0.2, 0.25) is 11.8 Å². The molecular weight excluding hydrogens is 472 g/mol. The zero-order valence-electron chi connectivity index (χ0n) is 19.9. The van der Waals surface area contributed by atoms with E-state index >= 15 is 0 Å². The molecule has 2 aromatic rings. The minimum absolute atomic E-state index is 0.00671. The predicted octanol–water partition coefficient (Wildman–Crippen LogP) is 2.72. The van der Waals surface area contributed by atoms with Crippen LogP contribution in [0.15, 0.2) is 23.6 Å². The van der Waals surface area contributed by atoms with Crippen LogP contribution in [0.25, 0.3) is 0 Å². The first kappa shape index (κ1) is 24.8. The van der Waals surface area contributed by atoms with Crippen LogP contribution < -0.4 is 19.9 Å². The lowest BCUT2D eigenvalue weighted by atomic mass is 9.83. The first-order chi connectivity index (χ1) is 17.4. The summed E-state index contributed by atoms with van der Waals surface area (Å²) in [7, 11) is 0. The minimum atomic E-state index is -0.805. The molecular formula is C23H26N6O7. The van der Waals surface area contributed by atoms with E-state index in [4.69, 9.17) is 24.7 Å². The van der Waals surface area contributed by atoms with E-state index in [1.165, 1.54) is 17.0 Å². The monoisotopic (exact) mass is 498 g/mol. The van der Waals surface area contributed by atoms with Gasteiger partial charge >= 0.3 is 11.8 Å². The maximum absolute atomic E-state index is 12.7. The Labute approximate surface area is 206 Å². The lowest BCUT2D eigenvalue weighted by molar-refractivity contribution is -0.385. The molecule has 3 heterocycles. The third kappa shape index (κ3) is 4.63. The van der Waals surface area contributed by atoms with Crippen LogP contribution in [0.2, 0.25) is 0 Å². The molecule has 1 atom stereocenters. The van der Waals surface area contributed by atoms with Crippen LogP contribution in [0, 0.1) is 21.4 Å². The Morgan fingerprint density at radius 1 is 1.39 bits per heavy atom. The SMILES string of the molecule is CCCc1[nH]nc2c1[C@@H](c1cc(OCC)c(OC(=O)N3CCOCC3)c([N+](=O)[O-])c1)C(C#N)=C(N)O2. The van der Waals surface area contributed by atoms with Crippen LogP contribution in [0.5, 0.6) is 17.4 Å². The van der Waals surface area contributed by atoms with Gasteiger partial charge in [-0.1, -0.05) is 13.3 Å². The summed E-state index contributed by atoms with van der Waals surface area (Å²) in [6, 6.07) is 4.85. The number of ether oxygens (including phenoxy) is 4. The van der Waals surface area contributed by atoms with E-state index in [1.54, 1.807) is 6.92 Å². The molecule has 3 N–H and O–H groups in total. The maximum Gasteiger partial charge on any atom is 0.415 e. The van der Waals surface area contributed by atoms with E-state index in [1.807, 2.05) is 6.92 Å². The Morgan fingerprint density at radius 2 is 2.14 bits per heavy atom. The highest BCUT2D eigenvalue weighted by Crippen LogP contribution is 2.47. The third-order valence-corrected chi connectivity index (χ3v) is 5.86. The number of nitrogens with one attached hydrogen (secondary N) is 1. The van der Waals surface area contributed by atoms with Gasteiger partial charge in [-0.2, -0.15) is 5.26 Å². The van der Waals surface area contributed by atoms with Gasteiger partial charge in [0, 0.05) is 30.4 Å². The van der Waals surface area contributed by atoms with Gasteiger partial charge in [0.1, 0.15) is 11.6 Å². The highest BCUT2D eigenvalue weighted by Gasteiger charge is 2.38. The minimum Gasteiger partial charge on any atom is -0.490 e. The van der Waals surface area contributed by atoms with Crippen molar-refractivity contribution in [2.45, 2.75) is 32.6 Å². The van der Waals surface area contributed by atoms with Gasteiger partial charge in [-0.05, 0) is 25.0 Å². The number of aromatic amines is 1. The Hall–Kier alpha value is -4.31. The summed E-state index contributed by atoms with van der Waals surface area (Å²) in [6.45, 7) is 5.12. The summed E-state index contributed by atoms with van der Waals surface area (Å²) in [6.07, 6.45) is 0.644. The molecule has 1 aromatic heterocycles. The topological polar surface area (TPSA) is 179 Å². The van der Waals surface area contributed by atoms with Gasteiger partial charge in [0.05, 0.1) is 30.7 Å². The molecule has 0 bridgehead atoms. The number of benzene rings is 1. The summed E-state index contributed by atoms with van der Waals surface area (Å²) in [5, 5.41) is 29.1. The van der Waals surface area contributed by atoms with E-state index in [0.29, 0.717) is 43.9 Å². The van der Waals surface area contributed by atoms with Crippen LogP contribution in [-0.4, -0.2) is 59.0 Å². The summed E-state index contributed by atoms with van der Waals surface area (Å²) >= 11 is 0. The quantitative estimate of drug-likeness (QED) is 0.426. The molecule has 4 rings (SSSR count). The summed E-state index contributed by atoms with van der Waals surface area (Å²) in [5.74, 6) is -1.07. The fraction of sp³-hybridized carbons (Fsp3) is 0.435. The number of rotatable bonds is 7. The molecule has 0 aliphatic carbocycles. The van der Waals surface area contributed by atoms with Gasteiger partial charge in [-0.15, -0.1) is 5.10 Å². The molecule has 190 valence electrons. The lowest BCUT2D eigenvalue weighted by Gasteiger charge is -2.27. The summed E-state index contributed by atoms with van der Waals surface area (Å²) in [5.41, 5.74) is 7.25. The lowest BCUT2D eigenvalue weighted by Crippen LogP contribution is -2.42. The maximum atomic E-state index is 12.7. The smallest absolute Gasteiger partial charge is 0.415 e. The van der Waals surface area contributed by atoms with Gasteiger partial charge in [-0.3, -0.25) is 15.2 Å². The van der Waals surface area contributed by atoms with Crippen molar-refractivity contribution < 1.29 is 28.7 Å². The zero-order valence-corrected chi connectivity index (χ0v) is 19.9. The number of H-pyrrole nitrogens is 1. The number of allylic oxidation sites excluding steroid dienone is 1. The highest BCUT2D eigenvalue weighted by atomic mass is 16.6. The Morgan fingerprint density at radius 3 is 2.78 bits per heavy atom. The largest absolute Gasteiger partial charge is 0.490 e. The average Bonchev–Trinajstić information content (AvgIpc) is 3.26. The molecule has 13 nitrogen and oxygen atoms in total. The second kappa shape index (κ2) is 10.5. The van der Waals surface area contributed by atoms with E-state index in [2.05, 4.69) is 16.3 Å². The number of nitriles is 1. The predicted molar refractivity (Wildman–Crippen MR) is 125 cm³/mol. The summed E-state index contributed by atoms with van der Waals surface area (Å²) < 4.78 is 22.0. The second-order valence-electron chi connectivity index (χ2n) is 8.12. The van der Waals surface area contributed by atoms with Gasteiger partial charge in [0.25, 0.3) is 5.75 Å². The van der Waals surface area contributed by atoms with Crippen molar-refractivity contribution in [1.29, 1.82) is 5.26 Å². The molecule has 0 spiro atoms. The Balaban J connectivity index is 1.85. The Kier molecular flexibility index (Phi) is 7.25. The fourth-order valence-corrected chi connectivity index (χ4v) is 4.26. The number of amides is 1. The zero-order chi connectivity index (χ0) is 25.8. The van der Waals surface area contributed by atoms with Crippen molar-refractivity contribution in [3.63, 3.8) is 0 Å². The number of nitrogens with two attached hydrogens (primary N) is 1. The molecule has 1 aromatic carbocycles. The van der Waals surface area contributed by atoms with E-state index < -0.39 is 22.6 Å². The average molecular weight is 498 g/mol. The second-order valence-corrected chi connectivity index (χ2v) is 8.12. The fourth-order valence-electron chi connectivity index (χ4n) is 4.26. The van der Waals surface area contributed by atoms with E-state index in [-0.39, 0.29) is 35.4 Å². The van der Waals surface area contributed by atoms with Crippen LogP contribution in [0.3, 0.4) is 0 Å². The number of nitro benzene ring substituents is 1. The number of hydrogen-bond acceptors (Lipinski definition) is 10. The van der Waals surface area contributed by atoms with Crippen molar-refractivity contribution >= 4 is 11.8 Å². The number of hydrogen-bond donors (Lipinski definition) is 2. The van der Waals surface area contributed by atoms with Crippen molar-refractivity contribution in [2.24, 2.45) is 5.73 Å². The normalized spacial score (nSPS) is 17.1. The number of carbonyl (C=O) groups is 1. The van der Waals surface area contributed by atoms with E-state index in [9.17, 15) is 20.2 Å². The molecule has 1 amide bonds. The molecule has 36 heavy (non-hydrogen) atoms. The molecule has 2 aliphatic rings. The third-order valence-electron chi connectivity index (χ3n) is 5.86. The molecule has 1 fully saturated rings. The number of nitrogens with zero attached hydrogens (tertiary/aromatic N) is 4. The van der Waals surface area contributed by atoms with E-state index in [0.717, 1.165) is 12.1 Å². The first-order valence-electron chi connectivity index (χ1n) is 11.5. The highest BCUT2D eigenvalue weighted by molar-refractivity contribution is 5.75. The van der Waals surface area contributed by atoms with Crippen molar-refractivity contribution in [1.82, 2.24) is 15.1 Å². The Bertz CT molecular complexity index is 1240. The number of morpholine rings is 1. The van der Waals surface area contributed by atoms with Crippen LogP contribution in [0.4, 0.5) is 10.5 Å². The standard InChI is InChI=1S/C23H26N6O7/c1-3-5-15-19-18(14(12-24)21(25)36-22(19)27-26-15)13-10-16(29(31)32)20(17(11-13)34-4-2)35-23(30)28-6-8-33-9-7-28/h10-11,18H,3-9,25H2,1-2H3,(H,26,27)/t18-/m0/s1. The number of fused-ring (bicyclic) bond motifs is 1. The summed E-state index contributed by atoms with van der Waals surface area (Å²) in [4.78, 5) is 25.6. The first-order valence-corrected chi connectivity index (χ1v) is 11.5. The molecule has 0 radical (unpaired) electrons. The molecule has 0 unspecified atom stereocenters. The molecule has 2 aliphatic heterocycles. The van der Waals surface area contributed by atoms with Crippen LogP contribution >= 0.6 is 0 Å². The van der Waals surface area contributed by atoms with Crippen molar-refractivity contribution in [3.8, 4) is 23.4 Å². The number of nitro groups is 1. The molecule has 1 saturated heterocycles. The van der Waals surface area contributed by atoms with Gasteiger partial charge in [0.15, 0.2) is 5.75 Å². The number of carbonyl (C=O) groups excluding carboxylic acids is 1. The number of aromatic nitrogens is 2. The van der Waals surface area contributed by atoms with Gasteiger partial charge < -0.3 is 29.6 Å². The molecule has 0 saturated carbocycles. The van der Waals surface area contributed by atoms with Crippen LogP contribution in [0.1, 0.15) is 43.0 Å². The number of aryl methyl sites for hydroxylation is 1. The van der Waals surface area contributed by atoms with Crippen LogP contribution in [-0.2, 0) is 11.2 Å². The van der Waals surface area contributed by atoms with Gasteiger partial charge in [-0.25, -0.2) is 4.79 Å².